The molecule has 3 nitrogen and oxygen atoms in total. The number of aromatic hydroxyl groups is 1. The van der Waals surface area contributed by atoms with Gasteiger partial charge in [0.2, 0.25) is 0 Å². The number of benzene rings is 2. The van der Waals surface area contributed by atoms with Crippen LogP contribution in [0.5, 0.6) is 5.75 Å². The predicted molar refractivity (Wildman–Crippen MR) is 69.7 cm³/mol. The van der Waals surface area contributed by atoms with E-state index < -0.39 is 0 Å². The van der Waals surface area contributed by atoms with Crippen LogP contribution in [-0.4, -0.2) is 5.11 Å². The van der Waals surface area contributed by atoms with E-state index in [0.29, 0.717) is 13.1 Å². The molecule has 0 aliphatic heterocycles. The van der Waals surface area contributed by atoms with Gasteiger partial charge in [0.25, 0.3) is 0 Å². The molecule has 2 aromatic carbocycles. The van der Waals surface area contributed by atoms with Crippen molar-refractivity contribution in [1.29, 1.82) is 0 Å². The molecular weight excluding hydrogens is 231 g/mol. The molecule has 0 aliphatic rings. The van der Waals surface area contributed by atoms with E-state index in [2.05, 4.69) is 5.32 Å². The number of hydrogen-bond donors (Lipinski definition) is 3. The monoisotopic (exact) mass is 246 g/mol. The van der Waals surface area contributed by atoms with E-state index in [1.54, 1.807) is 24.3 Å². The Bertz CT molecular complexity index is 526. The molecule has 0 radical (unpaired) electrons. The summed E-state index contributed by atoms with van der Waals surface area (Å²) in [5.41, 5.74) is 8.37. The number of nitrogens with two attached hydrogens (primary N) is 1. The van der Waals surface area contributed by atoms with Crippen molar-refractivity contribution in [1.82, 2.24) is 0 Å². The lowest BCUT2D eigenvalue weighted by Crippen LogP contribution is -2.06. The highest BCUT2D eigenvalue weighted by Gasteiger charge is 2.02. The lowest BCUT2D eigenvalue weighted by Gasteiger charge is -2.10. The van der Waals surface area contributed by atoms with Crippen molar-refractivity contribution in [2.24, 2.45) is 5.73 Å². The summed E-state index contributed by atoms with van der Waals surface area (Å²) in [6.07, 6.45) is 0. The number of anilines is 1. The molecule has 0 saturated carbocycles. The Morgan fingerprint density at radius 2 is 1.78 bits per heavy atom. The number of nitrogens with one attached hydrogen (secondary N) is 1. The van der Waals surface area contributed by atoms with E-state index in [1.807, 2.05) is 6.07 Å². The second kappa shape index (κ2) is 5.51. The Kier molecular flexibility index (Phi) is 3.79. The Morgan fingerprint density at radius 1 is 1.06 bits per heavy atom. The zero-order chi connectivity index (χ0) is 13.0. The van der Waals surface area contributed by atoms with Crippen LogP contribution in [0.1, 0.15) is 11.1 Å². The van der Waals surface area contributed by atoms with Gasteiger partial charge in [-0.3, -0.25) is 0 Å². The first-order chi connectivity index (χ1) is 8.69. The van der Waals surface area contributed by atoms with Crippen LogP contribution >= 0.6 is 0 Å². The minimum atomic E-state index is -0.257. The van der Waals surface area contributed by atoms with Crippen molar-refractivity contribution < 1.29 is 9.50 Å². The normalized spacial score (nSPS) is 10.3. The van der Waals surface area contributed by atoms with Crippen LogP contribution in [0.3, 0.4) is 0 Å². The van der Waals surface area contributed by atoms with Gasteiger partial charge in [0.1, 0.15) is 11.6 Å². The van der Waals surface area contributed by atoms with Crippen LogP contribution in [-0.2, 0) is 13.1 Å². The van der Waals surface area contributed by atoms with Gasteiger partial charge in [0.05, 0.1) is 0 Å². The first-order valence-electron chi connectivity index (χ1n) is 5.69. The predicted octanol–water partition coefficient (Wildman–Crippen LogP) is 2.60. The smallest absolute Gasteiger partial charge is 0.123 e. The van der Waals surface area contributed by atoms with Gasteiger partial charge in [-0.15, -0.1) is 0 Å². The van der Waals surface area contributed by atoms with Crippen LogP contribution in [0.15, 0.2) is 42.5 Å². The Labute approximate surface area is 105 Å². The van der Waals surface area contributed by atoms with Crippen LogP contribution < -0.4 is 11.1 Å². The van der Waals surface area contributed by atoms with E-state index in [1.165, 1.54) is 12.1 Å². The zero-order valence-corrected chi connectivity index (χ0v) is 9.86. The Balaban J connectivity index is 2.08. The molecule has 0 heterocycles. The molecule has 0 fully saturated rings. The molecule has 4 heteroatoms. The first-order valence-corrected chi connectivity index (χ1v) is 5.69. The minimum absolute atomic E-state index is 0.209. The number of phenolic OH excluding ortho intramolecular Hbond substituents is 1. The molecule has 0 aliphatic carbocycles. The van der Waals surface area contributed by atoms with Crippen molar-refractivity contribution in [2.75, 3.05) is 5.32 Å². The van der Waals surface area contributed by atoms with Gasteiger partial charge < -0.3 is 16.2 Å². The largest absolute Gasteiger partial charge is 0.508 e. The average molecular weight is 246 g/mol. The van der Waals surface area contributed by atoms with E-state index in [-0.39, 0.29) is 11.6 Å². The maximum absolute atomic E-state index is 12.7. The van der Waals surface area contributed by atoms with E-state index in [4.69, 9.17) is 5.73 Å². The third-order valence-corrected chi connectivity index (χ3v) is 2.74. The number of rotatable bonds is 4. The molecule has 0 bridgehead atoms. The highest BCUT2D eigenvalue weighted by Crippen LogP contribution is 2.18. The van der Waals surface area contributed by atoms with E-state index in [9.17, 15) is 9.50 Å². The summed E-state index contributed by atoms with van der Waals surface area (Å²) in [5.74, 6) is -0.0474. The fourth-order valence-electron chi connectivity index (χ4n) is 1.74. The first kappa shape index (κ1) is 12.4. The second-order valence-electron chi connectivity index (χ2n) is 4.02. The number of halogens is 1. The fraction of sp³-hybridized carbons (Fsp3) is 0.143. The maximum atomic E-state index is 12.7. The number of phenols is 1. The van der Waals surface area contributed by atoms with Crippen molar-refractivity contribution in [3.05, 3.63) is 59.4 Å². The summed E-state index contributed by atoms with van der Waals surface area (Å²) in [5, 5.41) is 12.5. The molecule has 94 valence electrons. The number of hydrogen-bond acceptors (Lipinski definition) is 3. The van der Waals surface area contributed by atoms with Gasteiger partial charge >= 0.3 is 0 Å². The highest BCUT2D eigenvalue weighted by atomic mass is 19.1. The molecule has 4 N–H and O–H groups in total. The van der Waals surface area contributed by atoms with Crippen LogP contribution in [0.2, 0.25) is 0 Å². The summed E-state index contributed by atoms with van der Waals surface area (Å²) in [6, 6.07) is 11.3. The van der Waals surface area contributed by atoms with Crippen molar-refractivity contribution in [3.63, 3.8) is 0 Å². The lowest BCUT2D eigenvalue weighted by molar-refractivity contribution is 0.474. The Morgan fingerprint density at radius 3 is 2.44 bits per heavy atom. The molecule has 2 aromatic rings. The molecule has 0 unspecified atom stereocenters. The molecule has 0 aromatic heterocycles. The van der Waals surface area contributed by atoms with Gasteiger partial charge in [-0.1, -0.05) is 6.07 Å². The third kappa shape index (κ3) is 2.99. The quantitative estimate of drug-likeness (QED) is 0.777. The SMILES string of the molecule is NCc1cc(O)ccc1CNc1ccc(F)cc1. The summed E-state index contributed by atoms with van der Waals surface area (Å²) in [6.45, 7) is 0.952. The molecule has 18 heavy (non-hydrogen) atoms. The summed E-state index contributed by atoms with van der Waals surface area (Å²) in [7, 11) is 0. The van der Waals surface area contributed by atoms with Gasteiger partial charge in [-0.2, -0.15) is 0 Å². The van der Waals surface area contributed by atoms with Crippen LogP contribution in [0.4, 0.5) is 10.1 Å². The van der Waals surface area contributed by atoms with Crippen molar-refractivity contribution in [2.45, 2.75) is 13.1 Å². The minimum Gasteiger partial charge on any atom is -0.508 e. The Hall–Kier alpha value is -2.07. The van der Waals surface area contributed by atoms with Gasteiger partial charge in [-0.25, -0.2) is 4.39 Å². The standard InChI is InChI=1S/C14H15FN2O/c15-12-2-4-13(5-3-12)17-9-10-1-6-14(18)7-11(10)8-16/h1-7,17-18H,8-9,16H2. The van der Waals surface area contributed by atoms with Crippen LogP contribution in [0.25, 0.3) is 0 Å². The van der Waals surface area contributed by atoms with E-state index in [0.717, 1.165) is 16.8 Å². The maximum Gasteiger partial charge on any atom is 0.123 e. The zero-order valence-electron chi connectivity index (χ0n) is 9.86. The fourth-order valence-corrected chi connectivity index (χ4v) is 1.74. The summed E-state index contributed by atoms with van der Waals surface area (Å²) < 4.78 is 12.7. The topological polar surface area (TPSA) is 58.3 Å². The lowest BCUT2D eigenvalue weighted by atomic mass is 10.1. The molecular formula is C14H15FN2O. The molecule has 2 rings (SSSR count). The van der Waals surface area contributed by atoms with Gasteiger partial charge in [0, 0.05) is 18.8 Å². The van der Waals surface area contributed by atoms with Crippen LogP contribution in [0, 0.1) is 5.82 Å². The summed E-state index contributed by atoms with van der Waals surface area (Å²) in [4.78, 5) is 0. The molecule has 0 amide bonds. The third-order valence-electron chi connectivity index (χ3n) is 2.74. The molecule has 0 spiro atoms. The molecule has 0 atom stereocenters. The average Bonchev–Trinajstić information content (AvgIpc) is 2.39. The highest BCUT2D eigenvalue weighted by molar-refractivity contribution is 5.45. The van der Waals surface area contributed by atoms with Gasteiger partial charge in [-0.05, 0) is 47.5 Å². The molecule has 0 saturated heterocycles. The summed E-state index contributed by atoms with van der Waals surface area (Å²) >= 11 is 0. The van der Waals surface area contributed by atoms with Gasteiger partial charge in [0.15, 0.2) is 0 Å². The van der Waals surface area contributed by atoms with Crippen molar-refractivity contribution in [3.8, 4) is 5.75 Å². The van der Waals surface area contributed by atoms with E-state index >= 15 is 0 Å². The van der Waals surface area contributed by atoms with Crippen molar-refractivity contribution >= 4 is 5.69 Å². The second-order valence-corrected chi connectivity index (χ2v) is 4.02.